The summed E-state index contributed by atoms with van der Waals surface area (Å²) in [6, 6.07) is 0. The number of ether oxygens (including phenoxy) is 2. The summed E-state index contributed by atoms with van der Waals surface area (Å²) in [5.74, 6) is -0.529. The normalized spacial score (nSPS) is 30.2. The van der Waals surface area contributed by atoms with Crippen LogP contribution in [0.15, 0.2) is 25.3 Å². The fourth-order valence-corrected chi connectivity index (χ4v) is 3.39. The van der Waals surface area contributed by atoms with Crippen LogP contribution in [0.1, 0.15) is 38.5 Å². The van der Waals surface area contributed by atoms with Crippen LogP contribution in [-0.4, -0.2) is 24.8 Å². The predicted octanol–water partition coefficient (Wildman–Crippen LogP) is 3.01. The van der Waals surface area contributed by atoms with Gasteiger partial charge in [0.25, 0.3) is 0 Å². The van der Waals surface area contributed by atoms with Gasteiger partial charge in [-0.3, -0.25) is 4.79 Å². The van der Waals surface area contributed by atoms with Crippen molar-refractivity contribution in [3.63, 3.8) is 0 Å². The van der Waals surface area contributed by atoms with Gasteiger partial charge in [-0.05, 0) is 19.3 Å². The lowest BCUT2D eigenvalue weighted by Gasteiger charge is -2.48. The molecular weight excluding hydrogens is 228 g/mol. The Bertz CT molecular complexity index is 342. The van der Waals surface area contributed by atoms with E-state index in [-0.39, 0.29) is 5.78 Å². The second kappa shape index (κ2) is 5.37. The summed E-state index contributed by atoms with van der Waals surface area (Å²) < 4.78 is 11.8. The number of Topliss-reactive ketones (excluding diaryl/α,β-unsaturated/α-hetero) is 1. The predicted molar refractivity (Wildman–Crippen MR) is 70.2 cm³/mol. The first kappa shape index (κ1) is 13.5. The highest BCUT2D eigenvalue weighted by molar-refractivity contribution is 5.87. The summed E-state index contributed by atoms with van der Waals surface area (Å²) in [4.78, 5) is 12.6. The van der Waals surface area contributed by atoms with E-state index >= 15 is 0 Å². The van der Waals surface area contributed by atoms with Crippen molar-refractivity contribution < 1.29 is 14.3 Å². The minimum Gasteiger partial charge on any atom is -0.346 e. The Kier molecular flexibility index (Phi) is 4.03. The lowest BCUT2D eigenvalue weighted by Crippen LogP contribution is -2.55. The van der Waals surface area contributed by atoms with Crippen LogP contribution in [0.3, 0.4) is 0 Å². The second-order valence-corrected chi connectivity index (χ2v) is 5.15. The maximum Gasteiger partial charge on any atom is 0.181 e. The molecule has 1 heterocycles. The van der Waals surface area contributed by atoms with E-state index in [4.69, 9.17) is 9.47 Å². The van der Waals surface area contributed by atoms with Crippen molar-refractivity contribution >= 4 is 5.78 Å². The number of ketones is 1. The maximum atomic E-state index is 12.6. The monoisotopic (exact) mass is 250 g/mol. The molecule has 1 aliphatic carbocycles. The van der Waals surface area contributed by atoms with Gasteiger partial charge in [0, 0.05) is 12.8 Å². The molecule has 2 rings (SSSR count). The molecule has 1 saturated heterocycles. The molecule has 18 heavy (non-hydrogen) atoms. The lowest BCUT2D eigenvalue weighted by atomic mass is 9.63. The van der Waals surface area contributed by atoms with Crippen LogP contribution >= 0.6 is 0 Å². The summed E-state index contributed by atoms with van der Waals surface area (Å²) in [6.07, 6.45) is 8.23. The minimum atomic E-state index is -0.709. The highest BCUT2D eigenvalue weighted by Gasteiger charge is 2.59. The van der Waals surface area contributed by atoms with Gasteiger partial charge in [0.2, 0.25) is 0 Å². The van der Waals surface area contributed by atoms with Crippen molar-refractivity contribution in [1.29, 1.82) is 0 Å². The average molecular weight is 250 g/mol. The number of hydrogen-bond donors (Lipinski definition) is 0. The van der Waals surface area contributed by atoms with E-state index in [1.54, 1.807) is 6.08 Å². The van der Waals surface area contributed by atoms with E-state index in [9.17, 15) is 4.79 Å². The van der Waals surface area contributed by atoms with Gasteiger partial charge >= 0.3 is 0 Å². The van der Waals surface area contributed by atoms with Crippen molar-refractivity contribution in [3.05, 3.63) is 25.3 Å². The summed E-state index contributed by atoms with van der Waals surface area (Å²) >= 11 is 0. The van der Waals surface area contributed by atoms with E-state index in [2.05, 4.69) is 13.2 Å². The first-order valence-electron chi connectivity index (χ1n) is 6.74. The third kappa shape index (κ3) is 1.95. The Morgan fingerprint density at radius 3 is 2.39 bits per heavy atom. The topological polar surface area (TPSA) is 35.5 Å². The molecule has 0 aromatic carbocycles. The lowest BCUT2D eigenvalue weighted by molar-refractivity contribution is -0.248. The van der Waals surface area contributed by atoms with Gasteiger partial charge in [-0.2, -0.15) is 0 Å². The zero-order valence-electron chi connectivity index (χ0n) is 11.0. The third-order valence-corrected chi connectivity index (χ3v) is 4.20. The van der Waals surface area contributed by atoms with Crippen molar-refractivity contribution in [3.8, 4) is 0 Å². The summed E-state index contributed by atoms with van der Waals surface area (Å²) in [5.41, 5.74) is -0.558. The van der Waals surface area contributed by atoms with Crippen LogP contribution in [0, 0.1) is 5.41 Å². The van der Waals surface area contributed by atoms with Gasteiger partial charge in [0.15, 0.2) is 5.79 Å². The van der Waals surface area contributed by atoms with Gasteiger partial charge in [-0.25, -0.2) is 0 Å². The Morgan fingerprint density at radius 1 is 1.11 bits per heavy atom. The Balaban J connectivity index is 2.37. The minimum absolute atomic E-state index is 0.180. The van der Waals surface area contributed by atoms with E-state index in [0.29, 0.717) is 26.1 Å². The highest BCUT2D eigenvalue weighted by atomic mass is 16.7. The number of rotatable bonds is 5. The molecule has 1 atom stereocenters. The van der Waals surface area contributed by atoms with Crippen molar-refractivity contribution in [2.45, 2.75) is 44.3 Å². The Hall–Kier alpha value is -0.930. The summed E-state index contributed by atoms with van der Waals surface area (Å²) in [7, 11) is 0. The van der Waals surface area contributed by atoms with E-state index in [1.807, 2.05) is 6.08 Å². The Morgan fingerprint density at radius 2 is 1.78 bits per heavy atom. The first-order valence-corrected chi connectivity index (χ1v) is 6.74. The average Bonchev–Trinajstić information content (AvgIpc) is 2.83. The smallest absolute Gasteiger partial charge is 0.181 e. The molecule has 0 radical (unpaired) electrons. The molecule has 2 fully saturated rings. The first-order chi connectivity index (χ1) is 8.71. The molecule has 0 aromatic heterocycles. The molecule has 1 spiro atoms. The highest BCUT2D eigenvalue weighted by Crippen LogP contribution is 2.52. The van der Waals surface area contributed by atoms with Crippen LogP contribution in [0.5, 0.6) is 0 Å². The van der Waals surface area contributed by atoms with E-state index in [1.165, 1.54) is 0 Å². The van der Waals surface area contributed by atoms with Crippen LogP contribution in [0.4, 0.5) is 0 Å². The number of allylic oxidation sites excluding steroid dienone is 2. The van der Waals surface area contributed by atoms with Crippen molar-refractivity contribution in [1.82, 2.24) is 0 Å². The zero-order valence-corrected chi connectivity index (χ0v) is 11.0. The molecule has 1 unspecified atom stereocenters. The second-order valence-electron chi connectivity index (χ2n) is 5.15. The van der Waals surface area contributed by atoms with E-state index in [0.717, 1.165) is 25.7 Å². The molecular formula is C15H22O3. The van der Waals surface area contributed by atoms with Gasteiger partial charge in [0.1, 0.15) is 5.78 Å². The molecule has 0 aromatic rings. The molecule has 3 heteroatoms. The third-order valence-electron chi connectivity index (χ3n) is 4.20. The van der Waals surface area contributed by atoms with Gasteiger partial charge in [-0.15, -0.1) is 13.2 Å². The quantitative estimate of drug-likeness (QED) is 0.704. The van der Waals surface area contributed by atoms with Crippen LogP contribution in [0.2, 0.25) is 0 Å². The van der Waals surface area contributed by atoms with Crippen molar-refractivity contribution in [2.75, 3.05) is 13.2 Å². The van der Waals surface area contributed by atoms with E-state index < -0.39 is 11.2 Å². The van der Waals surface area contributed by atoms with Gasteiger partial charge in [-0.1, -0.05) is 18.6 Å². The SMILES string of the molecule is C=CCC(=O)C1(CC=C)CCCCC12OCCO2. The molecule has 0 N–H and O–H groups in total. The number of hydrogen-bond acceptors (Lipinski definition) is 3. The molecule has 1 aliphatic heterocycles. The molecule has 2 aliphatic rings. The molecule has 1 saturated carbocycles. The summed E-state index contributed by atoms with van der Waals surface area (Å²) in [6.45, 7) is 8.65. The number of carbonyl (C=O) groups is 1. The molecule has 0 bridgehead atoms. The molecule has 0 amide bonds. The Labute approximate surface area is 109 Å². The number of carbonyl (C=O) groups excluding carboxylic acids is 1. The molecule has 100 valence electrons. The largest absolute Gasteiger partial charge is 0.346 e. The molecule has 3 nitrogen and oxygen atoms in total. The summed E-state index contributed by atoms with van der Waals surface area (Å²) in [5, 5.41) is 0. The zero-order chi connectivity index (χ0) is 13.1. The fourth-order valence-electron chi connectivity index (χ4n) is 3.39. The maximum absolute atomic E-state index is 12.6. The van der Waals surface area contributed by atoms with Crippen molar-refractivity contribution in [2.24, 2.45) is 5.41 Å². The van der Waals surface area contributed by atoms with Crippen LogP contribution in [-0.2, 0) is 14.3 Å². The van der Waals surface area contributed by atoms with Gasteiger partial charge < -0.3 is 9.47 Å². The standard InChI is InChI=1S/C15H22O3/c1-3-7-13(16)14(8-4-2)9-5-6-10-15(14)17-11-12-18-15/h3-4H,1-2,5-12H2. The van der Waals surface area contributed by atoms with Gasteiger partial charge in [0.05, 0.1) is 18.6 Å². The van der Waals surface area contributed by atoms with Crippen LogP contribution in [0.25, 0.3) is 0 Å². The van der Waals surface area contributed by atoms with Crippen LogP contribution < -0.4 is 0 Å². The fraction of sp³-hybridized carbons (Fsp3) is 0.667.